The maximum absolute atomic E-state index is 13.2. The molecule has 0 amide bonds. The van der Waals surface area contributed by atoms with Crippen LogP contribution >= 0.6 is 23.2 Å². The number of hydrogen-bond acceptors (Lipinski definition) is 2. The second-order valence-electron chi connectivity index (χ2n) is 4.70. The zero-order chi connectivity index (χ0) is 16.6. The molecular weight excluding hydrogens is 352 g/mol. The predicted molar refractivity (Wildman–Crippen MR) is 81.8 cm³/mol. The number of benzene rings is 2. The predicted octanol–water partition coefficient (Wildman–Crippen LogP) is 5.40. The molecule has 0 radical (unpaired) electrons. The van der Waals surface area contributed by atoms with Gasteiger partial charge in [-0.05, 0) is 24.3 Å². The Balaban J connectivity index is 2.07. The van der Waals surface area contributed by atoms with Crippen LogP contribution in [0, 0.1) is 0 Å². The second-order valence-corrected chi connectivity index (χ2v) is 5.52. The Bertz CT molecular complexity index is 847. The summed E-state index contributed by atoms with van der Waals surface area (Å²) in [6.07, 6.45) is -4.63. The fraction of sp³-hybridized carbons (Fsp3) is 0.133. The van der Waals surface area contributed by atoms with Crippen LogP contribution in [-0.4, -0.2) is 9.55 Å². The SMILES string of the molecule is FC(F)(F)c1nc2cc(Cl)c(Cl)cc2n1COc1ccccc1. The first kappa shape index (κ1) is 16.0. The standard InChI is InChI=1S/C15H9Cl2F3N2O/c16-10-6-12-13(7-11(10)17)22(14(21-12)15(18,19)20)8-23-9-4-2-1-3-5-9/h1-7H,8H2. The van der Waals surface area contributed by atoms with Crippen LogP contribution in [0.2, 0.25) is 10.0 Å². The third kappa shape index (κ3) is 3.23. The highest BCUT2D eigenvalue weighted by atomic mass is 35.5. The Hall–Kier alpha value is -1.92. The first-order chi connectivity index (χ1) is 10.9. The van der Waals surface area contributed by atoms with Crippen molar-refractivity contribution in [1.82, 2.24) is 9.55 Å². The Morgan fingerprint density at radius 1 is 1.04 bits per heavy atom. The van der Waals surface area contributed by atoms with E-state index in [0.717, 1.165) is 4.57 Å². The topological polar surface area (TPSA) is 27.1 Å². The van der Waals surface area contributed by atoms with E-state index in [1.54, 1.807) is 30.3 Å². The molecule has 0 saturated heterocycles. The fourth-order valence-corrected chi connectivity index (χ4v) is 2.44. The van der Waals surface area contributed by atoms with Crippen LogP contribution in [0.5, 0.6) is 5.75 Å². The highest BCUT2D eigenvalue weighted by Gasteiger charge is 2.38. The second kappa shape index (κ2) is 5.94. The molecule has 0 saturated carbocycles. The molecule has 23 heavy (non-hydrogen) atoms. The maximum Gasteiger partial charge on any atom is 0.449 e. The van der Waals surface area contributed by atoms with Gasteiger partial charge in [-0.15, -0.1) is 0 Å². The normalized spacial score (nSPS) is 11.9. The number of imidazole rings is 1. The van der Waals surface area contributed by atoms with Crippen LogP contribution in [0.25, 0.3) is 11.0 Å². The molecule has 2 aromatic carbocycles. The molecule has 120 valence electrons. The van der Waals surface area contributed by atoms with E-state index in [4.69, 9.17) is 27.9 Å². The number of aromatic nitrogens is 2. The Morgan fingerprint density at radius 2 is 1.70 bits per heavy atom. The minimum atomic E-state index is -4.63. The molecule has 1 heterocycles. The molecule has 0 aliphatic carbocycles. The van der Waals surface area contributed by atoms with Crippen molar-refractivity contribution < 1.29 is 17.9 Å². The van der Waals surface area contributed by atoms with Gasteiger partial charge in [-0.3, -0.25) is 4.57 Å². The average molecular weight is 361 g/mol. The number of alkyl halides is 3. The zero-order valence-electron chi connectivity index (χ0n) is 11.4. The first-order valence-corrected chi connectivity index (χ1v) is 7.22. The van der Waals surface area contributed by atoms with Crippen molar-refractivity contribution in [2.45, 2.75) is 12.9 Å². The van der Waals surface area contributed by atoms with Gasteiger partial charge < -0.3 is 4.74 Å². The highest BCUT2D eigenvalue weighted by molar-refractivity contribution is 6.42. The van der Waals surface area contributed by atoms with E-state index < -0.39 is 12.0 Å². The van der Waals surface area contributed by atoms with Gasteiger partial charge in [-0.25, -0.2) is 4.98 Å². The zero-order valence-corrected chi connectivity index (χ0v) is 13.0. The van der Waals surface area contributed by atoms with Crippen molar-refractivity contribution in [3.05, 3.63) is 58.3 Å². The van der Waals surface area contributed by atoms with Crippen LogP contribution in [0.4, 0.5) is 13.2 Å². The third-order valence-electron chi connectivity index (χ3n) is 3.15. The van der Waals surface area contributed by atoms with E-state index in [9.17, 15) is 13.2 Å². The van der Waals surface area contributed by atoms with Crippen molar-refractivity contribution in [3.63, 3.8) is 0 Å². The van der Waals surface area contributed by atoms with Crippen LogP contribution < -0.4 is 4.74 Å². The molecule has 3 aromatic rings. The van der Waals surface area contributed by atoms with Crippen LogP contribution in [0.1, 0.15) is 5.82 Å². The molecule has 8 heteroatoms. The fourth-order valence-electron chi connectivity index (χ4n) is 2.12. The quantitative estimate of drug-likeness (QED) is 0.625. The van der Waals surface area contributed by atoms with E-state index in [0.29, 0.717) is 5.75 Å². The lowest BCUT2D eigenvalue weighted by molar-refractivity contribution is -0.148. The van der Waals surface area contributed by atoms with Gasteiger partial charge in [0.25, 0.3) is 0 Å². The van der Waals surface area contributed by atoms with Gasteiger partial charge >= 0.3 is 6.18 Å². The van der Waals surface area contributed by atoms with E-state index in [1.165, 1.54) is 12.1 Å². The summed E-state index contributed by atoms with van der Waals surface area (Å²) in [6.45, 7) is -0.354. The molecular formula is C15H9Cl2F3N2O. The number of hydrogen-bond donors (Lipinski definition) is 0. The monoisotopic (exact) mass is 360 g/mol. The molecule has 3 nitrogen and oxygen atoms in total. The molecule has 1 aromatic heterocycles. The van der Waals surface area contributed by atoms with Crippen molar-refractivity contribution in [3.8, 4) is 5.75 Å². The summed E-state index contributed by atoms with van der Waals surface area (Å²) < 4.78 is 46.0. The van der Waals surface area contributed by atoms with E-state index in [1.807, 2.05) is 0 Å². The lowest BCUT2D eigenvalue weighted by atomic mass is 10.3. The molecule has 0 N–H and O–H groups in total. The molecule has 0 aliphatic heterocycles. The van der Waals surface area contributed by atoms with Crippen molar-refractivity contribution in [2.24, 2.45) is 0 Å². The lowest BCUT2D eigenvalue weighted by Crippen LogP contribution is -2.17. The Morgan fingerprint density at radius 3 is 2.35 bits per heavy atom. The maximum atomic E-state index is 13.2. The minimum Gasteiger partial charge on any atom is -0.473 e. The summed E-state index contributed by atoms with van der Waals surface area (Å²) in [6, 6.07) is 11.2. The summed E-state index contributed by atoms with van der Waals surface area (Å²) in [5, 5.41) is 0.287. The minimum absolute atomic E-state index is 0.100. The van der Waals surface area contributed by atoms with E-state index in [-0.39, 0.29) is 27.8 Å². The molecule has 3 rings (SSSR count). The van der Waals surface area contributed by atoms with Gasteiger partial charge in [-0.2, -0.15) is 13.2 Å². The lowest BCUT2D eigenvalue weighted by Gasteiger charge is -2.12. The smallest absolute Gasteiger partial charge is 0.449 e. The molecule has 0 aliphatic rings. The molecule has 0 fully saturated rings. The first-order valence-electron chi connectivity index (χ1n) is 6.46. The molecule has 0 atom stereocenters. The number of para-hydroxylation sites is 1. The Labute approximate surface area is 139 Å². The van der Waals surface area contributed by atoms with Crippen molar-refractivity contribution in [1.29, 1.82) is 0 Å². The number of ether oxygens (including phenoxy) is 1. The number of halogens is 5. The summed E-state index contributed by atoms with van der Waals surface area (Å²) >= 11 is 11.7. The summed E-state index contributed by atoms with van der Waals surface area (Å²) in [5.74, 6) is -0.621. The van der Waals surface area contributed by atoms with Gasteiger partial charge in [0.2, 0.25) is 5.82 Å². The molecule has 0 unspecified atom stereocenters. The van der Waals surface area contributed by atoms with Crippen molar-refractivity contribution >= 4 is 34.2 Å². The van der Waals surface area contributed by atoms with Gasteiger partial charge in [0.1, 0.15) is 5.75 Å². The van der Waals surface area contributed by atoms with E-state index >= 15 is 0 Å². The van der Waals surface area contributed by atoms with Crippen molar-refractivity contribution in [2.75, 3.05) is 0 Å². The van der Waals surface area contributed by atoms with Gasteiger partial charge in [0, 0.05) is 0 Å². The summed E-state index contributed by atoms with van der Waals surface area (Å²) in [7, 11) is 0. The number of nitrogens with zero attached hydrogens (tertiary/aromatic N) is 2. The Kier molecular flexibility index (Phi) is 4.12. The van der Waals surface area contributed by atoms with Gasteiger partial charge in [0.15, 0.2) is 6.73 Å². The van der Waals surface area contributed by atoms with Gasteiger partial charge in [-0.1, -0.05) is 41.4 Å². The highest BCUT2D eigenvalue weighted by Crippen LogP contribution is 2.34. The van der Waals surface area contributed by atoms with Crippen LogP contribution in [-0.2, 0) is 12.9 Å². The van der Waals surface area contributed by atoms with Crippen LogP contribution in [0.3, 0.4) is 0 Å². The number of rotatable bonds is 3. The summed E-state index contributed by atoms with van der Waals surface area (Å²) in [4.78, 5) is 3.61. The average Bonchev–Trinajstić information content (AvgIpc) is 2.85. The number of fused-ring (bicyclic) bond motifs is 1. The largest absolute Gasteiger partial charge is 0.473 e. The van der Waals surface area contributed by atoms with Crippen LogP contribution in [0.15, 0.2) is 42.5 Å². The summed E-state index contributed by atoms with van der Waals surface area (Å²) in [5.41, 5.74) is 0.297. The third-order valence-corrected chi connectivity index (χ3v) is 3.87. The molecule has 0 bridgehead atoms. The van der Waals surface area contributed by atoms with Gasteiger partial charge in [0.05, 0.1) is 21.1 Å². The van der Waals surface area contributed by atoms with E-state index in [2.05, 4.69) is 4.98 Å². The molecule has 0 spiro atoms.